The van der Waals surface area contributed by atoms with Gasteiger partial charge >= 0.3 is 6.18 Å². The van der Waals surface area contributed by atoms with Crippen molar-refractivity contribution in [2.45, 2.75) is 24.4 Å². The van der Waals surface area contributed by atoms with Crippen LogP contribution in [-0.2, 0) is 22.6 Å². The summed E-state index contributed by atoms with van der Waals surface area (Å²) in [6.45, 7) is 2.90. The summed E-state index contributed by atoms with van der Waals surface area (Å²) in [5.74, 6) is -0.169. The van der Waals surface area contributed by atoms with Crippen LogP contribution >= 0.6 is 0 Å². The molecule has 1 fully saturated rings. The molecule has 2 aromatic carbocycles. The number of nitrogens with zero attached hydrogens (tertiary/aromatic N) is 2. The standard InChI is InChI=1S/C20H22F3N3O3S/c1-2-14-3-5-15(6-4-14)19(27)26-11-9-25(10-12-26)18-8-7-16(30(24,28)29)13-17(18)20(21,22)23/h3-8,13H,2,9-12H2,1H3,(H2,24,28,29). The summed E-state index contributed by atoms with van der Waals surface area (Å²) < 4.78 is 63.5. The monoisotopic (exact) mass is 441 g/mol. The first-order chi connectivity index (χ1) is 14.0. The highest BCUT2D eigenvalue weighted by Gasteiger charge is 2.37. The number of rotatable bonds is 4. The van der Waals surface area contributed by atoms with Gasteiger partial charge in [-0.3, -0.25) is 4.79 Å². The molecule has 2 N–H and O–H groups in total. The zero-order chi connectivity index (χ0) is 22.1. The van der Waals surface area contributed by atoms with E-state index in [1.807, 2.05) is 19.1 Å². The van der Waals surface area contributed by atoms with E-state index in [-0.39, 0.29) is 37.8 Å². The van der Waals surface area contributed by atoms with E-state index in [4.69, 9.17) is 5.14 Å². The van der Waals surface area contributed by atoms with Gasteiger partial charge < -0.3 is 9.80 Å². The number of piperazine rings is 1. The van der Waals surface area contributed by atoms with Crippen molar-refractivity contribution >= 4 is 21.6 Å². The Kier molecular flexibility index (Phi) is 6.09. The summed E-state index contributed by atoms with van der Waals surface area (Å²) >= 11 is 0. The molecule has 30 heavy (non-hydrogen) atoms. The molecule has 1 heterocycles. The number of aryl methyl sites for hydroxylation is 1. The van der Waals surface area contributed by atoms with E-state index >= 15 is 0 Å². The minimum Gasteiger partial charge on any atom is -0.367 e. The van der Waals surface area contributed by atoms with E-state index < -0.39 is 26.7 Å². The zero-order valence-corrected chi connectivity index (χ0v) is 17.1. The number of alkyl halides is 3. The van der Waals surface area contributed by atoms with Gasteiger partial charge in [-0.05, 0) is 42.3 Å². The van der Waals surface area contributed by atoms with E-state index in [1.54, 1.807) is 17.0 Å². The van der Waals surface area contributed by atoms with E-state index in [9.17, 15) is 26.4 Å². The number of carbonyl (C=O) groups is 1. The lowest BCUT2D eigenvalue weighted by Gasteiger charge is -2.37. The number of sulfonamides is 1. The quantitative estimate of drug-likeness (QED) is 0.791. The third-order valence-corrected chi connectivity index (χ3v) is 6.03. The van der Waals surface area contributed by atoms with Gasteiger partial charge in [-0.25, -0.2) is 13.6 Å². The fourth-order valence-corrected chi connectivity index (χ4v) is 3.95. The Hall–Kier alpha value is -2.59. The van der Waals surface area contributed by atoms with E-state index in [1.165, 1.54) is 4.90 Å². The number of benzene rings is 2. The maximum atomic E-state index is 13.5. The van der Waals surface area contributed by atoms with Crippen LogP contribution in [0, 0.1) is 0 Å². The second-order valence-electron chi connectivity index (χ2n) is 7.05. The first kappa shape index (κ1) is 22.1. The van der Waals surface area contributed by atoms with Crippen LogP contribution in [0.5, 0.6) is 0 Å². The largest absolute Gasteiger partial charge is 0.418 e. The molecule has 2 aromatic rings. The number of hydrogen-bond donors (Lipinski definition) is 1. The Labute approximate surface area is 173 Å². The fraction of sp³-hybridized carbons (Fsp3) is 0.350. The second-order valence-corrected chi connectivity index (χ2v) is 8.61. The predicted octanol–water partition coefficient (Wildman–Crippen LogP) is 2.88. The molecule has 1 aliphatic rings. The van der Waals surface area contributed by atoms with Crippen molar-refractivity contribution in [1.29, 1.82) is 0 Å². The summed E-state index contributed by atoms with van der Waals surface area (Å²) in [5.41, 5.74) is 0.450. The van der Waals surface area contributed by atoms with Crippen molar-refractivity contribution in [1.82, 2.24) is 4.90 Å². The van der Waals surface area contributed by atoms with Crippen LogP contribution in [0.2, 0.25) is 0 Å². The maximum Gasteiger partial charge on any atom is 0.418 e. The topological polar surface area (TPSA) is 83.7 Å². The first-order valence-electron chi connectivity index (χ1n) is 9.38. The molecule has 0 bridgehead atoms. The molecule has 1 aliphatic heterocycles. The van der Waals surface area contributed by atoms with Crippen LogP contribution in [0.1, 0.15) is 28.4 Å². The van der Waals surface area contributed by atoms with Gasteiger partial charge in [0.1, 0.15) is 0 Å². The smallest absolute Gasteiger partial charge is 0.367 e. The van der Waals surface area contributed by atoms with Gasteiger partial charge in [0.05, 0.1) is 10.5 Å². The lowest BCUT2D eigenvalue weighted by molar-refractivity contribution is -0.137. The molecule has 0 spiro atoms. The minimum atomic E-state index is -4.75. The number of nitrogens with two attached hydrogens (primary N) is 1. The van der Waals surface area contributed by atoms with Gasteiger partial charge in [-0.2, -0.15) is 13.2 Å². The number of halogens is 3. The van der Waals surface area contributed by atoms with Crippen LogP contribution in [0.4, 0.5) is 18.9 Å². The molecule has 3 rings (SSSR count). The molecule has 1 saturated heterocycles. The normalized spacial score (nSPS) is 15.4. The minimum absolute atomic E-state index is 0.130. The van der Waals surface area contributed by atoms with Crippen molar-refractivity contribution in [3.8, 4) is 0 Å². The van der Waals surface area contributed by atoms with Crippen molar-refractivity contribution in [3.63, 3.8) is 0 Å². The highest BCUT2D eigenvalue weighted by Crippen LogP contribution is 2.38. The molecule has 10 heteroatoms. The molecule has 0 unspecified atom stereocenters. The Bertz CT molecular complexity index is 1030. The Balaban J connectivity index is 1.78. The van der Waals surface area contributed by atoms with Gasteiger partial charge in [0.15, 0.2) is 0 Å². The zero-order valence-electron chi connectivity index (χ0n) is 16.3. The summed E-state index contributed by atoms with van der Waals surface area (Å²) in [6.07, 6.45) is -3.89. The van der Waals surface area contributed by atoms with Gasteiger partial charge in [-0.1, -0.05) is 19.1 Å². The van der Waals surface area contributed by atoms with Crippen LogP contribution < -0.4 is 10.0 Å². The van der Waals surface area contributed by atoms with Crippen LogP contribution in [0.3, 0.4) is 0 Å². The van der Waals surface area contributed by atoms with Crippen molar-refractivity contribution < 1.29 is 26.4 Å². The SMILES string of the molecule is CCc1ccc(C(=O)N2CCN(c3ccc(S(N)(=O)=O)cc3C(F)(F)F)CC2)cc1. The molecule has 0 radical (unpaired) electrons. The van der Waals surface area contributed by atoms with Crippen LogP contribution in [0.25, 0.3) is 0 Å². The molecule has 0 saturated carbocycles. The number of anilines is 1. The summed E-state index contributed by atoms with van der Waals surface area (Å²) in [4.78, 5) is 15.2. The molecular weight excluding hydrogens is 419 g/mol. The molecule has 1 amide bonds. The summed E-state index contributed by atoms with van der Waals surface area (Å²) in [6, 6.07) is 9.99. The number of carbonyl (C=O) groups excluding carboxylic acids is 1. The molecular formula is C20H22F3N3O3S. The maximum absolute atomic E-state index is 13.5. The molecule has 6 nitrogen and oxygen atoms in total. The van der Waals surface area contributed by atoms with E-state index in [0.29, 0.717) is 11.6 Å². The highest BCUT2D eigenvalue weighted by atomic mass is 32.2. The number of amides is 1. The van der Waals surface area contributed by atoms with Crippen LogP contribution in [-0.4, -0.2) is 45.4 Å². The average Bonchev–Trinajstić information content (AvgIpc) is 2.72. The van der Waals surface area contributed by atoms with Gasteiger partial charge in [0, 0.05) is 37.4 Å². The van der Waals surface area contributed by atoms with Gasteiger partial charge in [0.2, 0.25) is 10.0 Å². The van der Waals surface area contributed by atoms with Crippen molar-refractivity contribution in [2.75, 3.05) is 31.1 Å². The first-order valence-corrected chi connectivity index (χ1v) is 10.9. The summed E-state index contributed by atoms with van der Waals surface area (Å²) in [5, 5.41) is 4.97. The number of primary sulfonamides is 1. The van der Waals surface area contributed by atoms with Crippen molar-refractivity contribution in [2.24, 2.45) is 5.14 Å². The second kappa shape index (κ2) is 8.27. The van der Waals surface area contributed by atoms with Crippen LogP contribution in [0.15, 0.2) is 47.4 Å². The molecule has 162 valence electrons. The molecule has 0 aromatic heterocycles. The highest BCUT2D eigenvalue weighted by molar-refractivity contribution is 7.89. The predicted molar refractivity (Wildman–Crippen MR) is 107 cm³/mol. The third kappa shape index (κ3) is 4.76. The Morgan fingerprint density at radius 2 is 1.63 bits per heavy atom. The lowest BCUT2D eigenvalue weighted by Crippen LogP contribution is -2.49. The third-order valence-electron chi connectivity index (χ3n) is 5.12. The van der Waals surface area contributed by atoms with Crippen molar-refractivity contribution in [3.05, 3.63) is 59.2 Å². The Morgan fingerprint density at radius 1 is 1.03 bits per heavy atom. The Morgan fingerprint density at radius 3 is 2.13 bits per heavy atom. The van der Waals surface area contributed by atoms with E-state index in [0.717, 1.165) is 24.1 Å². The average molecular weight is 441 g/mol. The lowest BCUT2D eigenvalue weighted by atomic mass is 10.1. The molecule has 0 aliphatic carbocycles. The fourth-order valence-electron chi connectivity index (χ4n) is 3.41. The van der Waals surface area contributed by atoms with Gasteiger partial charge in [0.25, 0.3) is 5.91 Å². The van der Waals surface area contributed by atoms with Gasteiger partial charge in [-0.15, -0.1) is 0 Å². The van der Waals surface area contributed by atoms with E-state index in [2.05, 4.69) is 0 Å². The summed E-state index contributed by atoms with van der Waals surface area (Å²) in [7, 11) is -4.26. The molecule has 0 atom stereocenters. The number of hydrogen-bond acceptors (Lipinski definition) is 4.